The summed E-state index contributed by atoms with van der Waals surface area (Å²) < 4.78 is 0. The van der Waals surface area contributed by atoms with E-state index < -0.39 is 0 Å². The van der Waals surface area contributed by atoms with Gasteiger partial charge in [-0.05, 0) is 30.7 Å². The van der Waals surface area contributed by atoms with E-state index in [1.54, 1.807) is 0 Å². The van der Waals surface area contributed by atoms with Gasteiger partial charge in [-0.3, -0.25) is 4.79 Å². The second kappa shape index (κ2) is 14.8. The van der Waals surface area contributed by atoms with Crippen LogP contribution < -0.4 is 4.90 Å². The molecule has 0 saturated heterocycles. The third-order valence-electron chi connectivity index (χ3n) is 5.21. The summed E-state index contributed by atoms with van der Waals surface area (Å²) in [5, 5.41) is 0. The molecule has 148 valence electrons. The van der Waals surface area contributed by atoms with Crippen LogP contribution in [-0.2, 0) is 0 Å². The Hall–Kier alpha value is -1.31. The highest BCUT2D eigenvalue weighted by molar-refractivity contribution is 5.96. The molecule has 26 heavy (non-hydrogen) atoms. The van der Waals surface area contributed by atoms with Crippen molar-refractivity contribution in [3.63, 3.8) is 0 Å². The Kier molecular flexibility index (Phi) is 13.0. The molecule has 0 atom stereocenters. The van der Waals surface area contributed by atoms with Crippen molar-refractivity contribution in [1.82, 2.24) is 0 Å². The maximum Gasteiger partial charge on any atom is 0.162 e. The van der Waals surface area contributed by atoms with Crippen LogP contribution >= 0.6 is 0 Å². The van der Waals surface area contributed by atoms with Crippen molar-refractivity contribution in [2.45, 2.75) is 96.8 Å². The van der Waals surface area contributed by atoms with Gasteiger partial charge in [-0.25, -0.2) is 0 Å². The zero-order chi connectivity index (χ0) is 19.0. The molecule has 0 bridgehead atoms. The zero-order valence-electron chi connectivity index (χ0n) is 17.6. The van der Waals surface area contributed by atoms with Gasteiger partial charge in [0, 0.05) is 31.8 Å². The molecule has 0 aliphatic rings. The fraction of sp³-hybridized carbons (Fsp3) is 0.708. The van der Waals surface area contributed by atoms with Crippen LogP contribution in [0.1, 0.15) is 107 Å². The van der Waals surface area contributed by atoms with E-state index in [2.05, 4.69) is 11.8 Å². The minimum atomic E-state index is 0.290. The first-order valence-corrected chi connectivity index (χ1v) is 11.0. The first-order valence-electron chi connectivity index (χ1n) is 11.0. The Bertz CT molecular complexity index is 464. The van der Waals surface area contributed by atoms with Gasteiger partial charge < -0.3 is 4.90 Å². The van der Waals surface area contributed by atoms with Gasteiger partial charge in [-0.2, -0.15) is 0 Å². The van der Waals surface area contributed by atoms with Gasteiger partial charge in [-0.1, -0.05) is 84.0 Å². The molecule has 1 rings (SSSR count). The van der Waals surface area contributed by atoms with E-state index >= 15 is 0 Å². The molecule has 1 aromatic carbocycles. The number of Topliss-reactive ketones (excluding diaryl/α,β-unsaturated/α-hetero) is 1. The SMILES string of the molecule is CCCCCCCCCCCCCCCC(=O)c1ccc(N(C)C)cc1. The largest absolute Gasteiger partial charge is 0.378 e. The second-order valence-electron chi connectivity index (χ2n) is 7.86. The van der Waals surface area contributed by atoms with E-state index in [0.29, 0.717) is 12.2 Å². The summed E-state index contributed by atoms with van der Waals surface area (Å²) in [5.41, 5.74) is 2.00. The third kappa shape index (κ3) is 10.6. The molecule has 0 unspecified atom stereocenters. The Balaban J connectivity index is 1.94. The fourth-order valence-electron chi connectivity index (χ4n) is 3.39. The van der Waals surface area contributed by atoms with Crippen LogP contribution in [0.15, 0.2) is 24.3 Å². The lowest BCUT2D eigenvalue weighted by atomic mass is 10.0. The monoisotopic (exact) mass is 359 g/mol. The summed E-state index contributed by atoms with van der Waals surface area (Å²) in [6, 6.07) is 7.97. The lowest BCUT2D eigenvalue weighted by molar-refractivity contribution is 0.0979. The van der Waals surface area contributed by atoms with E-state index in [9.17, 15) is 4.79 Å². The summed E-state index contributed by atoms with van der Waals surface area (Å²) in [5.74, 6) is 0.290. The van der Waals surface area contributed by atoms with Crippen molar-refractivity contribution < 1.29 is 4.79 Å². The van der Waals surface area contributed by atoms with Crippen molar-refractivity contribution in [1.29, 1.82) is 0 Å². The van der Waals surface area contributed by atoms with Crippen LogP contribution in [0.4, 0.5) is 5.69 Å². The molecule has 2 nitrogen and oxygen atoms in total. The number of hydrogen-bond donors (Lipinski definition) is 0. The number of unbranched alkanes of at least 4 members (excludes halogenated alkanes) is 12. The van der Waals surface area contributed by atoms with Gasteiger partial charge in [0.1, 0.15) is 0 Å². The number of carbonyl (C=O) groups excluding carboxylic acids is 1. The van der Waals surface area contributed by atoms with E-state index in [-0.39, 0.29) is 0 Å². The van der Waals surface area contributed by atoms with Crippen molar-refractivity contribution in [2.75, 3.05) is 19.0 Å². The minimum Gasteiger partial charge on any atom is -0.378 e. The Morgan fingerprint density at radius 1 is 0.692 bits per heavy atom. The molecule has 0 N–H and O–H groups in total. The third-order valence-corrected chi connectivity index (χ3v) is 5.21. The van der Waals surface area contributed by atoms with Crippen LogP contribution in [-0.4, -0.2) is 19.9 Å². The summed E-state index contributed by atoms with van der Waals surface area (Å²) in [6.07, 6.45) is 18.2. The van der Waals surface area contributed by atoms with Gasteiger partial charge in [0.15, 0.2) is 5.78 Å². The molecule has 0 fully saturated rings. The van der Waals surface area contributed by atoms with E-state index in [4.69, 9.17) is 0 Å². The van der Waals surface area contributed by atoms with Crippen molar-refractivity contribution in [3.05, 3.63) is 29.8 Å². The van der Waals surface area contributed by atoms with Crippen LogP contribution in [0.2, 0.25) is 0 Å². The summed E-state index contributed by atoms with van der Waals surface area (Å²) >= 11 is 0. The van der Waals surface area contributed by atoms with Crippen LogP contribution in [0.25, 0.3) is 0 Å². The van der Waals surface area contributed by atoms with Gasteiger partial charge in [0.25, 0.3) is 0 Å². The first-order chi connectivity index (χ1) is 12.6. The predicted molar refractivity (Wildman–Crippen MR) is 115 cm³/mol. The molecule has 0 saturated carbocycles. The Morgan fingerprint density at radius 2 is 1.12 bits per heavy atom. The highest BCUT2D eigenvalue weighted by atomic mass is 16.1. The number of nitrogens with zero attached hydrogens (tertiary/aromatic N) is 1. The summed E-state index contributed by atoms with van der Waals surface area (Å²) in [7, 11) is 4.04. The molecule has 0 radical (unpaired) electrons. The second-order valence-corrected chi connectivity index (χ2v) is 7.86. The normalized spacial score (nSPS) is 10.9. The summed E-state index contributed by atoms with van der Waals surface area (Å²) in [4.78, 5) is 14.3. The average molecular weight is 360 g/mol. The topological polar surface area (TPSA) is 20.3 Å². The van der Waals surface area contributed by atoms with Crippen LogP contribution in [0.3, 0.4) is 0 Å². The van der Waals surface area contributed by atoms with Crippen LogP contribution in [0.5, 0.6) is 0 Å². The van der Waals surface area contributed by atoms with Crippen molar-refractivity contribution in [2.24, 2.45) is 0 Å². The molecule has 0 aliphatic heterocycles. The smallest absolute Gasteiger partial charge is 0.162 e. The molecule has 2 heteroatoms. The lowest BCUT2D eigenvalue weighted by Gasteiger charge is -2.12. The number of anilines is 1. The highest BCUT2D eigenvalue weighted by Gasteiger charge is 2.06. The van der Waals surface area contributed by atoms with Crippen molar-refractivity contribution in [3.8, 4) is 0 Å². The molecule has 0 heterocycles. The lowest BCUT2D eigenvalue weighted by Crippen LogP contribution is -2.08. The zero-order valence-corrected chi connectivity index (χ0v) is 17.6. The van der Waals surface area contributed by atoms with E-state index in [0.717, 1.165) is 17.7 Å². The molecule has 1 aromatic rings. The van der Waals surface area contributed by atoms with Crippen LogP contribution in [0, 0.1) is 0 Å². The molecule has 0 aliphatic carbocycles. The summed E-state index contributed by atoms with van der Waals surface area (Å²) in [6.45, 7) is 2.28. The molecule has 0 amide bonds. The van der Waals surface area contributed by atoms with Gasteiger partial charge in [0.05, 0.1) is 0 Å². The van der Waals surface area contributed by atoms with Gasteiger partial charge in [0.2, 0.25) is 0 Å². The van der Waals surface area contributed by atoms with Gasteiger partial charge >= 0.3 is 0 Å². The number of rotatable bonds is 16. The molecular formula is C24H41NO. The quantitative estimate of drug-likeness (QED) is 0.226. The number of ketones is 1. The van der Waals surface area contributed by atoms with E-state index in [1.807, 2.05) is 38.4 Å². The highest BCUT2D eigenvalue weighted by Crippen LogP contribution is 2.16. The molecular weight excluding hydrogens is 318 g/mol. The van der Waals surface area contributed by atoms with Gasteiger partial charge in [-0.15, -0.1) is 0 Å². The molecule has 0 aromatic heterocycles. The Morgan fingerprint density at radius 3 is 1.54 bits per heavy atom. The number of benzene rings is 1. The average Bonchev–Trinajstić information content (AvgIpc) is 2.65. The van der Waals surface area contributed by atoms with E-state index in [1.165, 1.54) is 77.0 Å². The molecule has 0 spiro atoms. The number of hydrogen-bond acceptors (Lipinski definition) is 2. The standard InChI is InChI=1S/C24H41NO/c1-4-5-6-7-8-9-10-11-12-13-14-15-16-17-24(26)22-18-20-23(21-19-22)25(2)3/h18-21H,4-17H2,1-3H3. The maximum atomic E-state index is 12.2. The first kappa shape index (κ1) is 22.7. The van der Waals surface area contributed by atoms with Crippen molar-refractivity contribution >= 4 is 11.5 Å². The minimum absolute atomic E-state index is 0.290. The number of carbonyl (C=O) groups is 1. The fourth-order valence-corrected chi connectivity index (χ4v) is 3.39. The Labute approximate surface area is 162 Å². The maximum absolute atomic E-state index is 12.2. The predicted octanol–water partition coefficient (Wildman–Crippen LogP) is 7.42.